The van der Waals surface area contributed by atoms with Crippen molar-refractivity contribution >= 4 is 17.4 Å². The summed E-state index contributed by atoms with van der Waals surface area (Å²) in [7, 11) is 1.26. The molecule has 0 saturated heterocycles. The molecule has 0 bridgehead atoms. The second-order valence-electron chi connectivity index (χ2n) is 3.04. The number of methoxy groups -OCH3 is 1. The van der Waals surface area contributed by atoms with Gasteiger partial charge in [0, 0.05) is 17.7 Å². The molecule has 0 amide bonds. The summed E-state index contributed by atoms with van der Waals surface area (Å²) in [6.07, 6.45) is 0.327. The van der Waals surface area contributed by atoms with E-state index in [0.29, 0.717) is 12.0 Å². The molecule has 0 aliphatic rings. The fourth-order valence-corrected chi connectivity index (χ4v) is 1.32. The van der Waals surface area contributed by atoms with Crippen molar-refractivity contribution in [2.45, 2.75) is 13.3 Å². The van der Waals surface area contributed by atoms with Crippen molar-refractivity contribution in [3.63, 3.8) is 0 Å². The Balaban J connectivity index is 3.32. The van der Waals surface area contributed by atoms with Crippen LogP contribution in [0.5, 0.6) is 0 Å². The molecule has 1 aromatic carbocycles. The van der Waals surface area contributed by atoms with Gasteiger partial charge in [-0.2, -0.15) is 0 Å². The van der Waals surface area contributed by atoms with Crippen LogP contribution in [0.1, 0.15) is 34.1 Å². The number of ketones is 1. The highest BCUT2D eigenvalue weighted by Gasteiger charge is 2.18. The number of benzene rings is 1. The first-order valence-electron chi connectivity index (χ1n) is 4.61. The van der Waals surface area contributed by atoms with E-state index < -0.39 is 5.97 Å². The third-order valence-corrected chi connectivity index (χ3v) is 2.11. The first-order chi connectivity index (χ1) is 7.11. The lowest BCUT2D eigenvalue weighted by Gasteiger charge is -2.08. The maximum Gasteiger partial charge on any atom is 0.340 e. The molecular weight excluding hydrogens is 194 g/mol. The molecule has 80 valence electrons. The van der Waals surface area contributed by atoms with Crippen LogP contribution in [0.4, 0.5) is 5.69 Å². The second kappa shape index (κ2) is 4.59. The van der Waals surface area contributed by atoms with Gasteiger partial charge in [0.25, 0.3) is 0 Å². The summed E-state index contributed by atoms with van der Waals surface area (Å²) in [6, 6.07) is 4.79. The predicted molar refractivity (Wildman–Crippen MR) is 56.8 cm³/mol. The van der Waals surface area contributed by atoms with Gasteiger partial charge in [-0.1, -0.05) is 19.1 Å². The van der Waals surface area contributed by atoms with Crippen molar-refractivity contribution in [3.8, 4) is 0 Å². The SMILES string of the molecule is CCC(=O)c1cccc(N)c1C(=O)OC. The molecule has 0 aliphatic heterocycles. The van der Waals surface area contributed by atoms with Gasteiger partial charge in [0.2, 0.25) is 0 Å². The standard InChI is InChI=1S/C11H13NO3/c1-3-9(13)7-5-4-6-8(12)10(7)11(14)15-2/h4-6H,3,12H2,1-2H3. The van der Waals surface area contributed by atoms with E-state index in [-0.39, 0.29) is 17.0 Å². The van der Waals surface area contributed by atoms with Crippen molar-refractivity contribution < 1.29 is 14.3 Å². The van der Waals surface area contributed by atoms with Crippen LogP contribution >= 0.6 is 0 Å². The minimum absolute atomic E-state index is 0.122. The van der Waals surface area contributed by atoms with Gasteiger partial charge in [-0.05, 0) is 6.07 Å². The van der Waals surface area contributed by atoms with Gasteiger partial charge in [-0.3, -0.25) is 4.79 Å². The predicted octanol–water partition coefficient (Wildman–Crippen LogP) is 1.65. The van der Waals surface area contributed by atoms with Gasteiger partial charge in [0.1, 0.15) is 0 Å². The van der Waals surface area contributed by atoms with Crippen LogP contribution in [0.2, 0.25) is 0 Å². The first kappa shape index (κ1) is 11.2. The Hall–Kier alpha value is -1.84. The molecule has 15 heavy (non-hydrogen) atoms. The Morgan fingerprint density at radius 2 is 2.07 bits per heavy atom. The Morgan fingerprint density at radius 1 is 1.40 bits per heavy atom. The summed E-state index contributed by atoms with van der Waals surface area (Å²) in [5, 5.41) is 0. The molecule has 0 saturated carbocycles. The van der Waals surface area contributed by atoms with Gasteiger partial charge in [-0.25, -0.2) is 4.79 Å². The fourth-order valence-electron chi connectivity index (χ4n) is 1.32. The Bertz CT molecular complexity index is 399. The lowest BCUT2D eigenvalue weighted by Crippen LogP contribution is -2.12. The molecule has 0 heterocycles. The number of nitrogens with two attached hydrogens (primary N) is 1. The van der Waals surface area contributed by atoms with Crippen LogP contribution in [0.25, 0.3) is 0 Å². The monoisotopic (exact) mass is 207 g/mol. The van der Waals surface area contributed by atoms with E-state index >= 15 is 0 Å². The van der Waals surface area contributed by atoms with Crippen molar-refractivity contribution in [3.05, 3.63) is 29.3 Å². The van der Waals surface area contributed by atoms with Gasteiger partial charge >= 0.3 is 5.97 Å². The van der Waals surface area contributed by atoms with Crippen LogP contribution in [0.15, 0.2) is 18.2 Å². The van der Waals surface area contributed by atoms with E-state index in [1.807, 2.05) is 0 Å². The average Bonchev–Trinajstić information content (AvgIpc) is 2.26. The van der Waals surface area contributed by atoms with E-state index in [0.717, 1.165) is 0 Å². The molecule has 0 atom stereocenters. The fraction of sp³-hybridized carbons (Fsp3) is 0.273. The van der Waals surface area contributed by atoms with Gasteiger partial charge in [0.05, 0.1) is 12.7 Å². The van der Waals surface area contributed by atoms with E-state index in [4.69, 9.17) is 5.73 Å². The highest BCUT2D eigenvalue weighted by molar-refractivity contribution is 6.09. The first-order valence-corrected chi connectivity index (χ1v) is 4.61. The quantitative estimate of drug-likeness (QED) is 0.464. The third-order valence-electron chi connectivity index (χ3n) is 2.11. The molecule has 0 aliphatic carbocycles. The number of hydrogen-bond acceptors (Lipinski definition) is 4. The van der Waals surface area contributed by atoms with Crippen LogP contribution in [-0.4, -0.2) is 18.9 Å². The van der Waals surface area contributed by atoms with Gasteiger partial charge in [0.15, 0.2) is 5.78 Å². The largest absolute Gasteiger partial charge is 0.465 e. The Kier molecular flexibility index (Phi) is 3.44. The molecule has 2 N–H and O–H groups in total. The number of Topliss-reactive ketones (excluding diaryl/α,β-unsaturated/α-hetero) is 1. The summed E-state index contributed by atoms with van der Waals surface area (Å²) < 4.78 is 4.58. The number of carbonyl (C=O) groups is 2. The Labute approximate surface area is 88.0 Å². The number of hydrogen-bond donors (Lipinski definition) is 1. The number of carbonyl (C=O) groups excluding carboxylic acids is 2. The Morgan fingerprint density at radius 3 is 2.60 bits per heavy atom. The summed E-state index contributed by atoms with van der Waals surface area (Å²) in [6.45, 7) is 1.73. The van der Waals surface area contributed by atoms with E-state index in [1.54, 1.807) is 25.1 Å². The number of esters is 1. The van der Waals surface area contributed by atoms with Gasteiger partial charge < -0.3 is 10.5 Å². The molecule has 4 heteroatoms. The highest BCUT2D eigenvalue weighted by Crippen LogP contribution is 2.19. The minimum Gasteiger partial charge on any atom is -0.465 e. The number of nitrogen functional groups attached to an aromatic ring is 1. The van der Waals surface area contributed by atoms with E-state index in [2.05, 4.69) is 4.74 Å². The molecule has 4 nitrogen and oxygen atoms in total. The molecule has 0 spiro atoms. The molecule has 0 fully saturated rings. The summed E-state index contributed by atoms with van der Waals surface area (Å²) in [5.74, 6) is -0.701. The van der Waals surface area contributed by atoms with E-state index in [9.17, 15) is 9.59 Å². The zero-order valence-electron chi connectivity index (χ0n) is 8.74. The van der Waals surface area contributed by atoms with Crippen molar-refractivity contribution in [2.24, 2.45) is 0 Å². The van der Waals surface area contributed by atoms with Crippen molar-refractivity contribution in [1.29, 1.82) is 0 Å². The minimum atomic E-state index is -0.579. The maximum absolute atomic E-state index is 11.5. The molecule has 0 radical (unpaired) electrons. The zero-order chi connectivity index (χ0) is 11.4. The maximum atomic E-state index is 11.5. The summed E-state index contributed by atoms with van der Waals surface area (Å²) in [5.41, 5.74) is 6.38. The zero-order valence-corrected chi connectivity index (χ0v) is 8.74. The van der Waals surface area contributed by atoms with Crippen LogP contribution in [-0.2, 0) is 4.74 Å². The topological polar surface area (TPSA) is 69.4 Å². The van der Waals surface area contributed by atoms with Crippen LogP contribution < -0.4 is 5.73 Å². The molecule has 0 unspecified atom stereocenters. The van der Waals surface area contributed by atoms with Gasteiger partial charge in [-0.15, -0.1) is 0 Å². The van der Waals surface area contributed by atoms with Crippen LogP contribution in [0, 0.1) is 0 Å². The number of ether oxygens (including phenoxy) is 1. The van der Waals surface area contributed by atoms with Crippen molar-refractivity contribution in [1.82, 2.24) is 0 Å². The van der Waals surface area contributed by atoms with E-state index in [1.165, 1.54) is 7.11 Å². The summed E-state index contributed by atoms with van der Waals surface area (Å²) >= 11 is 0. The van der Waals surface area contributed by atoms with Crippen molar-refractivity contribution in [2.75, 3.05) is 12.8 Å². The lowest BCUT2D eigenvalue weighted by atomic mass is 10.0. The molecule has 1 aromatic rings. The van der Waals surface area contributed by atoms with Crippen LogP contribution in [0.3, 0.4) is 0 Å². The second-order valence-corrected chi connectivity index (χ2v) is 3.04. The molecule has 0 aromatic heterocycles. The number of rotatable bonds is 3. The highest BCUT2D eigenvalue weighted by atomic mass is 16.5. The number of anilines is 1. The third kappa shape index (κ3) is 2.15. The lowest BCUT2D eigenvalue weighted by molar-refractivity contribution is 0.0598. The summed E-state index contributed by atoms with van der Waals surface area (Å²) in [4.78, 5) is 23.0. The normalized spacial score (nSPS) is 9.73. The molecular formula is C11H13NO3. The smallest absolute Gasteiger partial charge is 0.340 e. The molecule has 1 rings (SSSR count). The average molecular weight is 207 g/mol.